The van der Waals surface area contributed by atoms with Gasteiger partial charge in [-0.1, -0.05) is 0 Å². The molecular weight excluding hydrogens is 224 g/mol. The van der Waals surface area contributed by atoms with Crippen molar-refractivity contribution in [2.24, 2.45) is 5.73 Å². The Bertz CT molecular complexity index is 373. The molecule has 0 heterocycles. The highest BCUT2D eigenvalue weighted by Gasteiger charge is 2.27. The first-order chi connectivity index (χ1) is 6.59. The molecule has 2 atom stereocenters. The highest BCUT2D eigenvalue weighted by Crippen LogP contribution is 2.31. The van der Waals surface area contributed by atoms with Gasteiger partial charge in [0.2, 0.25) is 0 Å². The fourth-order valence-electron chi connectivity index (χ4n) is 1.85. The zero-order valence-corrected chi connectivity index (χ0v) is 8.73. The van der Waals surface area contributed by atoms with Gasteiger partial charge in [-0.15, -0.1) is 12.4 Å². The lowest BCUT2D eigenvalue weighted by Crippen LogP contribution is -2.33. The van der Waals surface area contributed by atoms with E-state index in [-0.39, 0.29) is 12.4 Å². The van der Waals surface area contributed by atoms with E-state index in [4.69, 9.17) is 5.73 Å². The number of nitrogens with two attached hydrogens (primary N) is 1. The van der Waals surface area contributed by atoms with Crippen LogP contribution >= 0.6 is 12.4 Å². The summed E-state index contributed by atoms with van der Waals surface area (Å²) in [5.74, 6) is -1.26. The number of rotatable bonds is 0. The zero-order chi connectivity index (χ0) is 10.3. The number of benzene rings is 1. The van der Waals surface area contributed by atoms with E-state index in [9.17, 15) is 13.9 Å². The molecule has 2 nitrogen and oxygen atoms in total. The summed E-state index contributed by atoms with van der Waals surface area (Å²) in [7, 11) is 0. The summed E-state index contributed by atoms with van der Waals surface area (Å²) >= 11 is 0. The molecule has 0 bridgehead atoms. The molecule has 3 N–H and O–H groups in total. The third-order valence-corrected chi connectivity index (χ3v) is 2.65. The minimum atomic E-state index is -0.955. The van der Waals surface area contributed by atoms with Crippen molar-refractivity contribution < 1.29 is 13.9 Å². The maximum atomic E-state index is 13.2. The molecule has 2 unspecified atom stereocenters. The molecule has 0 fully saturated rings. The summed E-state index contributed by atoms with van der Waals surface area (Å²) in [5.41, 5.74) is 6.28. The minimum Gasteiger partial charge on any atom is -0.387 e. The van der Waals surface area contributed by atoms with E-state index < -0.39 is 23.8 Å². The number of halogens is 3. The Balaban J connectivity index is 0.00000112. The lowest BCUT2D eigenvalue weighted by Gasteiger charge is -2.27. The smallest absolute Gasteiger partial charge is 0.129 e. The van der Waals surface area contributed by atoms with Crippen LogP contribution in [0.15, 0.2) is 12.1 Å². The van der Waals surface area contributed by atoms with Gasteiger partial charge in [-0.3, -0.25) is 0 Å². The Morgan fingerprint density at radius 3 is 2.67 bits per heavy atom. The van der Waals surface area contributed by atoms with Crippen LogP contribution < -0.4 is 5.73 Å². The molecular formula is C10H12ClF2NO. The van der Waals surface area contributed by atoms with E-state index in [0.717, 1.165) is 12.1 Å². The Morgan fingerprint density at radius 2 is 2.00 bits per heavy atom. The van der Waals surface area contributed by atoms with E-state index in [1.807, 2.05) is 0 Å². The third-order valence-electron chi connectivity index (χ3n) is 2.65. The number of hydrogen-bond acceptors (Lipinski definition) is 2. The zero-order valence-electron chi connectivity index (χ0n) is 7.91. The molecule has 0 spiro atoms. The number of aliphatic hydroxyl groups excluding tert-OH is 1. The van der Waals surface area contributed by atoms with Crippen LogP contribution in [0.1, 0.15) is 23.7 Å². The van der Waals surface area contributed by atoms with Gasteiger partial charge in [0.1, 0.15) is 11.6 Å². The van der Waals surface area contributed by atoms with Gasteiger partial charge in [-0.25, -0.2) is 8.78 Å². The highest BCUT2D eigenvalue weighted by atomic mass is 35.5. The van der Waals surface area contributed by atoms with Crippen molar-refractivity contribution in [3.63, 3.8) is 0 Å². The van der Waals surface area contributed by atoms with E-state index in [2.05, 4.69) is 0 Å². The summed E-state index contributed by atoms with van der Waals surface area (Å²) < 4.78 is 26.1. The maximum Gasteiger partial charge on any atom is 0.129 e. The Morgan fingerprint density at radius 1 is 1.33 bits per heavy atom. The summed E-state index contributed by atoms with van der Waals surface area (Å²) in [6.45, 7) is 0. The van der Waals surface area contributed by atoms with E-state index in [1.54, 1.807) is 0 Å². The fourth-order valence-corrected chi connectivity index (χ4v) is 1.85. The second-order valence-electron chi connectivity index (χ2n) is 3.60. The monoisotopic (exact) mass is 235 g/mol. The third kappa shape index (κ3) is 2.12. The van der Waals surface area contributed by atoms with Crippen molar-refractivity contribution in [2.75, 3.05) is 0 Å². The normalized spacial score (nSPS) is 24.3. The fraction of sp³-hybridized carbons (Fsp3) is 0.400. The van der Waals surface area contributed by atoms with E-state index >= 15 is 0 Å². The van der Waals surface area contributed by atoms with Gasteiger partial charge >= 0.3 is 0 Å². The molecule has 0 amide bonds. The predicted octanol–water partition coefficient (Wildman–Crippen LogP) is 1.69. The summed E-state index contributed by atoms with van der Waals surface area (Å²) in [4.78, 5) is 0. The van der Waals surface area contributed by atoms with Crippen molar-refractivity contribution in [3.8, 4) is 0 Å². The molecule has 0 saturated heterocycles. The summed E-state index contributed by atoms with van der Waals surface area (Å²) in [5, 5.41) is 9.62. The van der Waals surface area contributed by atoms with Crippen LogP contribution in [0.5, 0.6) is 0 Å². The molecule has 0 radical (unpaired) electrons. The van der Waals surface area contributed by atoms with Crippen molar-refractivity contribution in [3.05, 3.63) is 34.9 Å². The van der Waals surface area contributed by atoms with Gasteiger partial charge in [0, 0.05) is 12.1 Å². The van der Waals surface area contributed by atoms with Crippen LogP contribution in [-0.4, -0.2) is 11.1 Å². The molecule has 1 aromatic rings. The first-order valence-corrected chi connectivity index (χ1v) is 4.51. The van der Waals surface area contributed by atoms with Crippen LogP contribution in [0.2, 0.25) is 0 Å². The Labute approximate surface area is 92.5 Å². The van der Waals surface area contributed by atoms with E-state index in [1.165, 1.54) is 0 Å². The van der Waals surface area contributed by atoms with Gasteiger partial charge in [-0.05, 0) is 30.0 Å². The van der Waals surface area contributed by atoms with Crippen LogP contribution in [0.4, 0.5) is 8.78 Å². The Hall–Kier alpha value is -0.710. The lowest BCUT2D eigenvalue weighted by atomic mass is 9.86. The van der Waals surface area contributed by atoms with Crippen LogP contribution in [0.25, 0.3) is 0 Å². The molecule has 5 heteroatoms. The van der Waals surface area contributed by atoms with Gasteiger partial charge in [0.05, 0.1) is 6.10 Å². The number of hydrogen-bond donors (Lipinski definition) is 2. The topological polar surface area (TPSA) is 46.2 Å². The maximum absolute atomic E-state index is 13.2. The Kier molecular flexibility index (Phi) is 3.65. The predicted molar refractivity (Wildman–Crippen MR) is 54.9 cm³/mol. The first-order valence-electron chi connectivity index (χ1n) is 4.51. The lowest BCUT2D eigenvalue weighted by molar-refractivity contribution is 0.132. The quantitative estimate of drug-likeness (QED) is 0.719. The van der Waals surface area contributed by atoms with Gasteiger partial charge in [0.15, 0.2) is 0 Å². The van der Waals surface area contributed by atoms with Crippen LogP contribution in [0, 0.1) is 11.6 Å². The average Bonchev–Trinajstić information content (AvgIpc) is 2.12. The number of aliphatic hydroxyl groups is 1. The van der Waals surface area contributed by atoms with Crippen molar-refractivity contribution >= 4 is 12.4 Å². The molecule has 0 aromatic heterocycles. The molecule has 2 rings (SSSR count). The first kappa shape index (κ1) is 12.4. The van der Waals surface area contributed by atoms with E-state index in [0.29, 0.717) is 24.0 Å². The molecule has 84 valence electrons. The summed E-state index contributed by atoms with van der Waals surface area (Å²) in [6, 6.07) is 1.56. The second kappa shape index (κ2) is 4.43. The highest BCUT2D eigenvalue weighted by molar-refractivity contribution is 5.85. The van der Waals surface area contributed by atoms with Gasteiger partial charge < -0.3 is 10.8 Å². The van der Waals surface area contributed by atoms with Crippen LogP contribution in [-0.2, 0) is 6.42 Å². The van der Waals surface area contributed by atoms with Gasteiger partial charge in [-0.2, -0.15) is 0 Å². The summed E-state index contributed by atoms with van der Waals surface area (Å²) in [6.07, 6.45) is 0.0279. The van der Waals surface area contributed by atoms with Crippen molar-refractivity contribution in [1.29, 1.82) is 0 Å². The molecule has 0 aliphatic heterocycles. The second-order valence-corrected chi connectivity index (χ2v) is 3.60. The average molecular weight is 236 g/mol. The molecule has 1 aliphatic carbocycles. The van der Waals surface area contributed by atoms with Crippen molar-refractivity contribution in [1.82, 2.24) is 0 Å². The molecule has 15 heavy (non-hydrogen) atoms. The molecule has 1 aliphatic rings. The van der Waals surface area contributed by atoms with Crippen molar-refractivity contribution in [2.45, 2.75) is 25.0 Å². The molecule has 1 aromatic carbocycles. The SMILES string of the molecule is Cl.NC1CCc2c(F)cc(F)cc2C1O. The molecule has 0 saturated carbocycles. The largest absolute Gasteiger partial charge is 0.387 e. The standard InChI is InChI=1S/C10H11F2NO.ClH/c11-5-3-7-6(8(12)4-5)1-2-9(13)10(7)14;/h3-4,9-10,14H,1-2,13H2;1H. The van der Waals surface area contributed by atoms with Crippen LogP contribution in [0.3, 0.4) is 0 Å². The minimum absolute atomic E-state index is 0. The van der Waals surface area contributed by atoms with Gasteiger partial charge in [0.25, 0.3) is 0 Å². The number of fused-ring (bicyclic) bond motifs is 1.